The van der Waals surface area contributed by atoms with Gasteiger partial charge < -0.3 is 14.9 Å². The largest absolute Gasteiger partial charge is 0.394 e. The minimum absolute atomic E-state index is 0.0706. The highest BCUT2D eigenvalue weighted by atomic mass is 19.1. The molecule has 0 spiro atoms. The van der Waals surface area contributed by atoms with Crippen LogP contribution in [0.3, 0.4) is 0 Å². The smallest absolute Gasteiger partial charge is 0.155 e. The van der Waals surface area contributed by atoms with Crippen molar-refractivity contribution in [1.82, 2.24) is 0 Å². The molecule has 0 aromatic carbocycles. The van der Waals surface area contributed by atoms with Crippen LogP contribution < -0.4 is 0 Å². The van der Waals surface area contributed by atoms with Crippen LogP contribution in [-0.4, -0.2) is 41.3 Å². The van der Waals surface area contributed by atoms with Crippen molar-refractivity contribution in [2.45, 2.75) is 44.8 Å². The second-order valence-corrected chi connectivity index (χ2v) is 3.64. The topological polar surface area (TPSA) is 49.7 Å². The van der Waals surface area contributed by atoms with Crippen LogP contribution in [0, 0.1) is 5.92 Å². The van der Waals surface area contributed by atoms with E-state index in [0.29, 0.717) is 0 Å². The van der Waals surface area contributed by atoms with Gasteiger partial charge in [-0.25, -0.2) is 4.39 Å². The molecular formula is C9H17FO3. The fraction of sp³-hybridized carbons (Fsp3) is 1.00. The average Bonchev–Trinajstić information content (AvgIpc) is 2.43. The first kappa shape index (κ1) is 10.9. The van der Waals surface area contributed by atoms with Gasteiger partial charge in [0.2, 0.25) is 0 Å². The first-order valence-electron chi connectivity index (χ1n) is 4.70. The van der Waals surface area contributed by atoms with Crippen molar-refractivity contribution >= 4 is 0 Å². The molecule has 0 aromatic heterocycles. The summed E-state index contributed by atoms with van der Waals surface area (Å²) in [5.74, 6) is 0.0706. The molecule has 2 unspecified atom stereocenters. The van der Waals surface area contributed by atoms with E-state index in [4.69, 9.17) is 9.84 Å². The summed E-state index contributed by atoms with van der Waals surface area (Å²) < 4.78 is 18.6. The van der Waals surface area contributed by atoms with E-state index in [1.54, 1.807) is 0 Å². The van der Waals surface area contributed by atoms with E-state index in [9.17, 15) is 9.50 Å². The van der Waals surface area contributed by atoms with Gasteiger partial charge in [-0.05, 0) is 5.92 Å². The Hall–Kier alpha value is -0.190. The molecule has 0 radical (unpaired) electrons. The first-order valence-corrected chi connectivity index (χ1v) is 4.70. The third-order valence-electron chi connectivity index (χ3n) is 2.74. The summed E-state index contributed by atoms with van der Waals surface area (Å²) in [6.45, 7) is 3.50. The maximum Gasteiger partial charge on any atom is 0.155 e. The number of ether oxygens (including phenoxy) is 1. The van der Waals surface area contributed by atoms with Crippen molar-refractivity contribution in [1.29, 1.82) is 0 Å². The third-order valence-corrected chi connectivity index (χ3v) is 2.74. The monoisotopic (exact) mass is 192 g/mol. The van der Waals surface area contributed by atoms with Crippen molar-refractivity contribution in [3.63, 3.8) is 0 Å². The van der Waals surface area contributed by atoms with Crippen molar-refractivity contribution in [3.05, 3.63) is 0 Å². The van der Waals surface area contributed by atoms with E-state index in [1.165, 1.54) is 0 Å². The van der Waals surface area contributed by atoms with Gasteiger partial charge in [0, 0.05) is 0 Å². The number of alkyl halides is 1. The SMILES string of the molecule is CCC(C)C1O[C@H](CO)[C@@H](O)[C@H]1F. The highest BCUT2D eigenvalue weighted by Crippen LogP contribution is 2.29. The van der Waals surface area contributed by atoms with Crippen LogP contribution in [0.25, 0.3) is 0 Å². The molecule has 1 fully saturated rings. The Morgan fingerprint density at radius 2 is 2.15 bits per heavy atom. The van der Waals surface area contributed by atoms with Gasteiger partial charge in [0.15, 0.2) is 6.17 Å². The number of hydrogen-bond donors (Lipinski definition) is 2. The quantitative estimate of drug-likeness (QED) is 0.684. The molecule has 0 aliphatic carbocycles. The van der Waals surface area contributed by atoms with Gasteiger partial charge in [0.05, 0.1) is 12.7 Å². The predicted octanol–water partition coefficient (Wildman–Crippen LogP) is 0.491. The normalized spacial score (nSPS) is 42.2. The maximum atomic E-state index is 13.4. The minimum atomic E-state index is -1.37. The zero-order valence-electron chi connectivity index (χ0n) is 7.98. The van der Waals surface area contributed by atoms with E-state index >= 15 is 0 Å². The highest BCUT2D eigenvalue weighted by molar-refractivity contribution is 4.92. The van der Waals surface area contributed by atoms with Gasteiger partial charge in [0.1, 0.15) is 12.2 Å². The Kier molecular flexibility index (Phi) is 3.64. The number of hydrogen-bond acceptors (Lipinski definition) is 3. The number of aliphatic hydroxyl groups excluding tert-OH is 2. The van der Waals surface area contributed by atoms with E-state index in [2.05, 4.69) is 0 Å². The Morgan fingerprint density at radius 1 is 1.54 bits per heavy atom. The fourth-order valence-corrected chi connectivity index (χ4v) is 1.59. The minimum Gasteiger partial charge on any atom is -0.394 e. The average molecular weight is 192 g/mol. The van der Waals surface area contributed by atoms with Gasteiger partial charge in [-0.3, -0.25) is 0 Å². The molecule has 1 saturated heterocycles. The van der Waals surface area contributed by atoms with Crippen LogP contribution in [0.15, 0.2) is 0 Å². The Labute approximate surface area is 77.5 Å². The summed E-state index contributed by atoms with van der Waals surface area (Å²) in [6, 6.07) is 0. The second-order valence-electron chi connectivity index (χ2n) is 3.64. The van der Waals surface area contributed by atoms with Crippen molar-refractivity contribution in [3.8, 4) is 0 Å². The van der Waals surface area contributed by atoms with Gasteiger partial charge in [-0.1, -0.05) is 20.3 Å². The second kappa shape index (κ2) is 4.35. The molecule has 0 saturated carbocycles. The van der Waals surface area contributed by atoms with Crippen LogP contribution in [0.1, 0.15) is 20.3 Å². The summed E-state index contributed by atoms with van der Waals surface area (Å²) in [6.07, 6.45) is -3.07. The summed E-state index contributed by atoms with van der Waals surface area (Å²) in [5.41, 5.74) is 0. The lowest BCUT2D eigenvalue weighted by molar-refractivity contribution is -0.0375. The molecule has 1 aliphatic rings. The first-order chi connectivity index (χ1) is 6.11. The summed E-state index contributed by atoms with van der Waals surface area (Å²) in [7, 11) is 0. The highest BCUT2D eigenvalue weighted by Gasteiger charge is 2.45. The van der Waals surface area contributed by atoms with Crippen LogP contribution in [0.5, 0.6) is 0 Å². The van der Waals surface area contributed by atoms with E-state index < -0.39 is 24.5 Å². The fourth-order valence-electron chi connectivity index (χ4n) is 1.59. The third kappa shape index (κ3) is 2.00. The standard InChI is InChI=1S/C9H17FO3/c1-3-5(2)9-7(10)8(12)6(4-11)13-9/h5-9,11-12H,3-4H2,1-2H3/t5?,6-,7-,8-,9?/m1/s1. The summed E-state index contributed by atoms with van der Waals surface area (Å²) >= 11 is 0. The van der Waals surface area contributed by atoms with Crippen molar-refractivity contribution in [2.75, 3.05) is 6.61 Å². The zero-order valence-corrected chi connectivity index (χ0v) is 7.98. The van der Waals surface area contributed by atoms with E-state index in [1.807, 2.05) is 13.8 Å². The van der Waals surface area contributed by atoms with E-state index in [0.717, 1.165) is 6.42 Å². The van der Waals surface area contributed by atoms with Crippen molar-refractivity contribution in [2.24, 2.45) is 5.92 Å². The number of rotatable bonds is 3. The van der Waals surface area contributed by atoms with Crippen molar-refractivity contribution < 1.29 is 19.3 Å². The molecule has 78 valence electrons. The molecule has 4 heteroatoms. The predicted molar refractivity (Wildman–Crippen MR) is 46.1 cm³/mol. The van der Waals surface area contributed by atoms with Crippen LogP contribution in [0.4, 0.5) is 4.39 Å². The van der Waals surface area contributed by atoms with Gasteiger partial charge in [0.25, 0.3) is 0 Å². The molecule has 1 heterocycles. The Morgan fingerprint density at radius 3 is 2.54 bits per heavy atom. The lowest BCUT2D eigenvalue weighted by Crippen LogP contribution is -2.32. The zero-order chi connectivity index (χ0) is 10.0. The van der Waals surface area contributed by atoms with Gasteiger partial charge in [-0.15, -0.1) is 0 Å². The molecule has 1 aliphatic heterocycles. The molecule has 0 amide bonds. The molecule has 1 rings (SSSR count). The lowest BCUT2D eigenvalue weighted by Gasteiger charge is -2.19. The summed E-state index contributed by atoms with van der Waals surface area (Å²) in [5, 5.41) is 18.1. The molecule has 13 heavy (non-hydrogen) atoms. The van der Waals surface area contributed by atoms with Gasteiger partial charge in [-0.2, -0.15) is 0 Å². The maximum absolute atomic E-state index is 13.4. The Balaban J connectivity index is 2.60. The molecule has 5 atom stereocenters. The van der Waals surface area contributed by atoms with Crippen LogP contribution in [0.2, 0.25) is 0 Å². The van der Waals surface area contributed by atoms with Crippen LogP contribution >= 0.6 is 0 Å². The summed E-state index contributed by atoms with van der Waals surface area (Å²) in [4.78, 5) is 0. The molecule has 0 bridgehead atoms. The lowest BCUT2D eigenvalue weighted by atomic mass is 9.97. The van der Waals surface area contributed by atoms with E-state index in [-0.39, 0.29) is 12.5 Å². The number of aliphatic hydroxyl groups is 2. The molecular weight excluding hydrogens is 175 g/mol. The Bertz CT molecular complexity index is 165. The number of halogens is 1. The molecule has 3 nitrogen and oxygen atoms in total. The van der Waals surface area contributed by atoms with Gasteiger partial charge >= 0.3 is 0 Å². The molecule has 0 aromatic rings. The van der Waals surface area contributed by atoms with Crippen LogP contribution in [-0.2, 0) is 4.74 Å². The molecule has 2 N–H and O–H groups in total.